The lowest BCUT2D eigenvalue weighted by atomic mass is 10.3. The third-order valence-electron chi connectivity index (χ3n) is 3.24. The molecule has 1 aliphatic rings. The van der Waals surface area contributed by atoms with E-state index in [1.165, 1.54) is 19.2 Å². The van der Waals surface area contributed by atoms with E-state index in [9.17, 15) is 19.3 Å². The summed E-state index contributed by atoms with van der Waals surface area (Å²) in [4.78, 5) is 26.1. The molecule has 7 nitrogen and oxygen atoms in total. The van der Waals surface area contributed by atoms with Crippen LogP contribution in [0.5, 0.6) is 5.75 Å². The second-order valence-electron chi connectivity index (χ2n) is 4.66. The molecule has 3 rings (SSSR count). The van der Waals surface area contributed by atoms with Crippen molar-refractivity contribution in [2.24, 2.45) is 5.92 Å². The average molecular weight is 311 g/mol. The SMILES string of the molecule is COc1cc(F)cc2sc(NC(=O)[C@H]3C[C@H]3[N+](=O)[O-])nc12. The van der Waals surface area contributed by atoms with Gasteiger partial charge in [0.1, 0.15) is 23.0 Å². The van der Waals surface area contributed by atoms with Gasteiger partial charge < -0.3 is 10.1 Å². The number of amides is 1. The van der Waals surface area contributed by atoms with Crippen molar-refractivity contribution in [2.75, 3.05) is 12.4 Å². The molecule has 1 aliphatic carbocycles. The zero-order chi connectivity index (χ0) is 15.1. The number of halogens is 1. The fourth-order valence-corrected chi connectivity index (χ4v) is 2.98. The van der Waals surface area contributed by atoms with Crippen LogP contribution in [-0.4, -0.2) is 29.0 Å². The number of carbonyl (C=O) groups is 1. The number of rotatable bonds is 4. The first kappa shape index (κ1) is 13.7. The van der Waals surface area contributed by atoms with E-state index < -0.39 is 28.6 Å². The van der Waals surface area contributed by atoms with E-state index in [-0.39, 0.29) is 17.3 Å². The van der Waals surface area contributed by atoms with Crippen molar-refractivity contribution in [3.05, 3.63) is 28.1 Å². The maximum Gasteiger partial charge on any atom is 0.236 e. The van der Waals surface area contributed by atoms with Gasteiger partial charge in [0.25, 0.3) is 0 Å². The highest BCUT2D eigenvalue weighted by Crippen LogP contribution is 2.36. The number of anilines is 1. The summed E-state index contributed by atoms with van der Waals surface area (Å²) in [6, 6.07) is 1.69. The van der Waals surface area contributed by atoms with Crippen molar-refractivity contribution in [2.45, 2.75) is 12.5 Å². The Hall–Kier alpha value is -2.29. The first-order valence-corrected chi connectivity index (χ1v) is 6.89. The maximum absolute atomic E-state index is 13.4. The Bertz CT molecular complexity index is 747. The first-order chi connectivity index (χ1) is 9.99. The second-order valence-corrected chi connectivity index (χ2v) is 5.69. The van der Waals surface area contributed by atoms with Crippen LogP contribution in [0.25, 0.3) is 10.2 Å². The minimum absolute atomic E-state index is 0.238. The smallest absolute Gasteiger partial charge is 0.236 e. The van der Waals surface area contributed by atoms with Crippen molar-refractivity contribution >= 4 is 32.6 Å². The lowest BCUT2D eigenvalue weighted by Crippen LogP contribution is -2.18. The molecule has 21 heavy (non-hydrogen) atoms. The Morgan fingerprint density at radius 3 is 3.00 bits per heavy atom. The summed E-state index contributed by atoms with van der Waals surface area (Å²) in [5.74, 6) is -1.24. The molecular formula is C12H10FN3O4S. The molecule has 0 unspecified atom stereocenters. The second kappa shape index (κ2) is 4.92. The minimum Gasteiger partial charge on any atom is -0.494 e. The van der Waals surface area contributed by atoms with Gasteiger partial charge in [-0.2, -0.15) is 0 Å². The Morgan fingerprint density at radius 2 is 2.38 bits per heavy atom. The predicted octanol–water partition coefficient (Wildman–Crippen LogP) is 2.05. The zero-order valence-corrected chi connectivity index (χ0v) is 11.6. The molecule has 0 aliphatic heterocycles. The van der Waals surface area contributed by atoms with Gasteiger partial charge in [-0.25, -0.2) is 9.37 Å². The van der Waals surface area contributed by atoms with Gasteiger partial charge in [-0.1, -0.05) is 11.3 Å². The van der Waals surface area contributed by atoms with Gasteiger partial charge in [-0.3, -0.25) is 14.9 Å². The highest BCUT2D eigenvalue weighted by atomic mass is 32.1. The number of hydrogen-bond donors (Lipinski definition) is 1. The maximum atomic E-state index is 13.4. The third kappa shape index (κ3) is 2.51. The van der Waals surface area contributed by atoms with E-state index in [1.54, 1.807) is 0 Å². The number of benzene rings is 1. The first-order valence-electron chi connectivity index (χ1n) is 6.08. The van der Waals surface area contributed by atoms with Crippen LogP contribution in [0.15, 0.2) is 12.1 Å². The number of carbonyl (C=O) groups excluding carboxylic acids is 1. The molecule has 1 amide bonds. The zero-order valence-electron chi connectivity index (χ0n) is 10.8. The Balaban J connectivity index is 1.82. The average Bonchev–Trinajstić information content (AvgIpc) is 3.14. The largest absolute Gasteiger partial charge is 0.494 e. The van der Waals surface area contributed by atoms with Crippen molar-refractivity contribution < 1.29 is 18.8 Å². The summed E-state index contributed by atoms with van der Waals surface area (Å²) >= 11 is 1.09. The molecule has 1 heterocycles. The molecule has 1 saturated carbocycles. The van der Waals surface area contributed by atoms with Crippen molar-refractivity contribution in [1.82, 2.24) is 4.98 Å². The van der Waals surface area contributed by atoms with Gasteiger partial charge in [0, 0.05) is 17.4 Å². The number of ether oxygens (including phenoxy) is 1. The molecular weight excluding hydrogens is 301 g/mol. The molecule has 0 bridgehead atoms. The van der Waals surface area contributed by atoms with Gasteiger partial charge in [-0.15, -0.1) is 0 Å². The molecule has 2 aromatic rings. The minimum atomic E-state index is -0.814. The van der Waals surface area contributed by atoms with Crippen LogP contribution in [-0.2, 0) is 4.79 Å². The van der Waals surface area contributed by atoms with Gasteiger partial charge >= 0.3 is 0 Å². The summed E-state index contributed by atoms with van der Waals surface area (Å²) in [6.45, 7) is 0. The number of nitro groups is 1. The number of fused-ring (bicyclic) bond motifs is 1. The van der Waals surface area contributed by atoms with Crippen molar-refractivity contribution in [3.63, 3.8) is 0 Å². The van der Waals surface area contributed by atoms with E-state index in [4.69, 9.17) is 4.74 Å². The van der Waals surface area contributed by atoms with Crippen LogP contribution in [0.4, 0.5) is 9.52 Å². The topological polar surface area (TPSA) is 94.4 Å². The van der Waals surface area contributed by atoms with E-state index >= 15 is 0 Å². The van der Waals surface area contributed by atoms with E-state index in [0.29, 0.717) is 10.2 Å². The van der Waals surface area contributed by atoms with Crippen molar-refractivity contribution in [1.29, 1.82) is 0 Å². The third-order valence-corrected chi connectivity index (χ3v) is 4.16. The van der Waals surface area contributed by atoms with Crippen LogP contribution >= 0.6 is 11.3 Å². The number of nitrogens with zero attached hydrogens (tertiary/aromatic N) is 2. The van der Waals surface area contributed by atoms with Crippen LogP contribution in [0, 0.1) is 21.8 Å². The van der Waals surface area contributed by atoms with Crippen LogP contribution < -0.4 is 10.1 Å². The molecule has 1 aromatic heterocycles. The summed E-state index contributed by atoms with van der Waals surface area (Å²) in [5, 5.41) is 13.4. The van der Waals surface area contributed by atoms with Gasteiger partial charge in [0.2, 0.25) is 11.9 Å². The number of hydrogen-bond acceptors (Lipinski definition) is 6. The molecule has 1 fully saturated rings. The van der Waals surface area contributed by atoms with Crippen molar-refractivity contribution in [3.8, 4) is 5.75 Å². The summed E-state index contributed by atoms with van der Waals surface area (Å²) < 4.78 is 18.9. The standard InChI is InChI=1S/C12H10FN3O4S/c1-20-8-2-5(13)3-9-10(8)14-12(21-9)15-11(17)6-4-7(6)16(18)19/h2-3,6-7H,4H2,1H3,(H,14,15,17)/t6-,7+/m0/s1. The normalized spacial score (nSPS) is 20.3. The molecule has 110 valence electrons. The predicted molar refractivity (Wildman–Crippen MR) is 73.6 cm³/mol. The lowest BCUT2D eigenvalue weighted by Gasteiger charge is -1.99. The van der Waals surface area contributed by atoms with Gasteiger partial charge in [0.05, 0.1) is 11.8 Å². The molecule has 1 N–H and O–H groups in total. The summed E-state index contributed by atoms with van der Waals surface area (Å²) in [7, 11) is 1.40. The highest BCUT2D eigenvalue weighted by Gasteiger charge is 2.53. The van der Waals surface area contributed by atoms with E-state index in [2.05, 4.69) is 10.3 Å². The fraction of sp³-hybridized carbons (Fsp3) is 0.333. The molecule has 1 aromatic carbocycles. The molecule has 0 spiro atoms. The molecule has 0 saturated heterocycles. The fourth-order valence-electron chi connectivity index (χ4n) is 2.07. The van der Waals surface area contributed by atoms with Crippen LogP contribution in [0.3, 0.4) is 0 Å². The quantitative estimate of drug-likeness (QED) is 0.689. The Kier molecular flexibility index (Phi) is 3.20. The highest BCUT2D eigenvalue weighted by molar-refractivity contribution is 7.22. The van der Waals surface area contributed by atoms with E-state index in [1.807, 2.05) is 0 Å². The Labute approximate surface area is 121 Å². The van der Waals surface area contributed by atoms with E-state index in [0.717, 1.165) is 11.3 Å². The monoisotopic (exact) mass is 311 g/mol. The number of nitrogens with one attached hydrogen (secondary N) is 1. The van der Waals surface area contributed by atoms with Crippen LogP contribution in [0.1, 0.15) is 6.42 Å². The van der Waals surface area contributed by atoms with Gasteiger partial charge in [0.15, 0.2) is 5.13 Å². The lowest BCUT2D eigenvalue weighted by molar-refractivity contribution is -0.497. The molecule has 9 heteroatoms. The molecule has 0 radical (unpaired) electrons. The van der Waals surface area contributed by atoms with Crippen LogP contribution in [0.2, 0.25) is 0 Å². The number of methoxy groups -OCH3 is 1. The number of aromatic nitrogens is 1. The summed E-state index contributed by atoms with van der Waals surface area (Å²) in [5.41, 5.74) is 0.445. The summed E-state index contributed by atoms with van der Waals surface area (Å²) in [6.07, 6.45) is 0.238. The number of thiazole rings is 1. The molecule has 2 atom stereocenters. The van der Waals surface area contributed by atoms with Gasteiger partial charge in [-0.05, 0) is 6.07 Å². The Morgan fingerprint density at radius 1 is 1.62 bits per heavy atom.